The molecule has 0 bridgehead atoms. The van der Waals surface area contributed by atoms with E-state index in [1.807, 2.05) is 82.3 Å². The fourth-order valence-corrected chi connectivity index (χ4v) is 3.76. The highest BCUT2D eigenvalue weighted by Gasteiger charge is 2.23. The van der Waals surface area contributed by atoms with Crippen molar-refractivity contribution in [1.82, 2.24) is 0 Å². The van der Waals surface area contributed by atoms with Crippen molar-refractivity contribution in [1.29, 1.82) is 5.26 Å². The number of thiol groups is 1. The topological polar surface area (TPSA) is 137 Å². The number of aliphatic carboxylic acids is 1. The third-order valence-electron chi connectivity index (χ3n) is 3.29. The largest absolute Gasteiger partial charge is 0.480 e. The second-order valence-electron chi connectivity index (χ2n) is 5.45. The zero-order valence-corrected chi connectivity index (χ0v) is 21.8. The van der Waals surface area contributed by atoms with E-state index >= 15 is 0 Å². The van der Waals surface area contributed by atoms with Crippen molar-refractivity contribution in [3.8, 4) is 6.07 Å². The molecule has 3 atom stereocenters. The van der Waals surface area contributed by atoms with E-state index in [-0.39, 0.29) is 5.75 Å². The van der Waals surface area contributed by atoms with E-state index < -0.39 is 28.5 Å². The number of nitrogens with zero attached hydrogens (tertiary/aromatic N) is 2. The maximum absolute atomic E-state index is 10.8. The molecule has 33 heavy (non-hydrogen) atoms. The van der Waals surface area contributed by atoms with Crippen LogP contribution in [0.4, 0.5) is 0 Å². The lowest BCUT2D eigenvalue weighted by Crippen LogP contribution is -2.31. The molecule has 0 radical (unpaired) electrons. The Morgan fingerprint density at radius 1 is 1.18 bits per heavy atom. The van der Waals surface area contributed by atoms with E-state index in [1.54, 1.807) is 12.1 Å². The number of nitrogens with two attached hydrogens (primary N) is 1. The second-order valence-corrected chi connectivity index (χ2v) is 7.92. The van der Waals surface area contributed by atoms with Gasteiger partial charge in [-0.2, -0.15) is 17.9 Å². The van der Waals surface area contributed by atoms with Crippen LogP contribution in [0.3, 0.4) is 0 Å². The number of aliphatic imine (C=N–C) groups is 1. The van der Waals surface area contributed by atoms with Gasteiger partial charge >= 0.3 is 5.97 Å². The summed E-state index contributed by atoms with van der Waals surface area (Å²) in [6.45, 7) is 8.00. The van der Waals surface area contributed by atoms with Crippen LogP contribution >= 0.6 is 24.4 Å². The van der Waals surface area contributed by atoms with Gasteiger partial charge in [0.1, 0.15) is 6.04 Å². The minimum Gasteiger partial charge on any atom is -0.480 e. The molecule has 0 aromatic heterocycles. The monoisotopic (exact) mass is 511 g/mol. The van der Waals surface area contributed by atoms with Crippen molar-refractivity contribution in [3.05, 3.63) is 71.8 Å². The standard InChI is InChI=1S/C9H9NO2S2.C7H5N.C3H7NO2S.2C2H6/c11-14(12)8-6-13-9(10-8)7-4-2-1-3-5-7;8-6-7-4-2-1-3-5-7;4-2(1-7)3(5)6;2*1-2/h1-5,8H,6H2,(H,11,12);1-5H;2,7H,1,4H2,(H,5,6);2*1-2H3. The third kappa shape index (κ3) is 15.3. The molecule has 4 N–H and O–H groups in total. The van der Waals surface area contributed by atoms with E-state index in [1.165, 1.54) is 11.8 Å². The SMILES string of the molecule is CC.CC.N#Cc1ccccc1.NC(CS)C(=O)O.O=S(O)C1CSC(c2ccccc2)=N1. The number of carbonyl (C=O) groups is 1. The first kappa shape index (κ1) is 33.0. The summed E-state index contributed by atoms with van der Waals surface area (Å²) in [6, 6.07) is 20.1. The van der Waals surface area contributed by atoms with Gasteiger partial charge < -0.3 is 15.4 Å². The molecule has 1 aliphatic heterocycles. The van der Waals surface area contributed by atoms with Crippen LogP contribution in [-0.4, -0.2) is 47.8 Å². The molecule has 0 aliphatic carbocycles. The van der Waals surface area contributed by atoms with Crippen LogP contribution in [0.5, 0.6) is 0 Å². The maximum Gasteiger partial charge on any atom is 0.321 e. The molecule has 3 rings (SSSR count). The van der Waals surface area contributed by atoms with Gasteiger partial charge in [-0.05, 0) is 12.1 Å². The van der Waals surface area contributed by atoms with Crippen LogP contribution in [-0.2, 0) is 15.9 Å². The number of benzene rings is 2. The van der Waals surface area contributed by atoms with E-state index in [0.717, 1.165) is 10.6 Å². The van der Waals surface area contributed by atoms with Crippen LogP contribution in [0.25, 0.3) is 0 Å². The Hall–Kier alpha value is -2.16. The fourth-order valence-electron chi connectivity index (χ4n) is 1.79. The molecule has 1 heterocycles. The normalized spacial score (nSPS) is 15.0. The van der Waals surface area contributed by atoms with E-state index in [9.17, 15) is 9.00 Å². The molecule has 182 valence electrons. The predicted molar refractivity (Wildman–Crippen MR) is 143 cm³/mol. The molecule has 10 heteroatoms. The lowest BCUT2D eigenvalue weighted by Gasteiger charge is -1.97. The molecule has 0 spiro atoms. The molecule has 3 unspecified atom stereocenters. The van der Waals surface area contributed by atoms with Gasteiger partial charge in [-0.3, -0.25) is 9.79 Å². The lowest BCUT2D eigenvalue weighted by molar-refractivity contribution is -0.137. The zero-order valence-electron chi connectivity index (χ0n) is 19.3. The Balaban J connectivity index is 0. The van der Waals surface area contributed by atoms with Gasteiger partial charge in [-0.1, -0.05) is 76.2 Å². The molecule has 0 saturated heterocycles. The van der Waals surface area contributed by atoms with Crippen molar-refractivity contribution in [2.24, 2.45) is 10.7 Å². The molecular formula is C23H33N3O4S3. The second kappa shape index (κ2) is 21.7. The van der Waals surface area contributed by atoms with Gasteiger partial charge in [0.25, 0.3) is 0 Å². The Bertz CT molecular complexity index is 860. The van der Waals surface area contributed by atoms with Gasteiger partial charge in [-0.15, -0.1) is 11.8 Å². The van der Waals surface area contributed by atoms with E-state index in [0.29, 0.717) is 11.3 Å². The van der Waals surface area contributed by atoms with Gasteiger partial charge in [0.15, 0.2) is 16.5 Å². The molecule has 7 nitrogen and oxygen atoms in total. The summed E-state index contributed by atoms with van der Waals surface area (Å²) in [5, 5.41) is 16.7. The maximum atomic E-state index is 10.8. The Morgan fingerprint density at radius 2 is 1.67 bits per heavy atom. The summed E-state index contributed by atoms with van der Waals surface area (Å²) in [4.78, 5) is 13.9. The number of carboxylic acids is 1. The smallest absolute Gasteiger partial charge is 0.321 e. The zero-order chi connectivity index (χ0) is 25.6. The van der Waals surface area contributed by atoms with Crippen LogP contribution < -0.4 is 5.73 Å². The summed E-state index contributed by atoms with van der Waals surface area (Å²) in [6.07, 6.45) is 0. The minimum atomic E-state index is -1.84. The number of carboxylic acid groups (broad SMARTS) is 1. The molecule has 2 aromatic rings. The third-order valence-corrected chi connectivity index (χ3v) is 5.73. The Labute approximate surface area is 209 Å². The molecule has 0 fully saturated rings. The Morgan fingerprint density at radius 3 is 1.97 bits per heavy atom. The minimum absolute atomic E-state index is 0.190. The number of hydrogen-bond acceptors (Lipinski definition) is 7. The molecule has 0 amide bonds. The van der Waals surface area contributed by atoms with Gasteiger partial charge in [0, 0.05) is 17.1 Å². The fraction of sp³-hybridized carbons (Fsp3) is 0.348. The van der Waals surface area contributed by atoms with E-state index in [4.69, 9.17) is 20.7 Å². The highest BCUT2D eigenvalue weighted by atomic mass is 32.2. The summed E-state index contributed by atoms with van der Waals surface area (Å²) in [5.41, 5.74) is 6.67. The summed E-state index contributed by atoms with van der Waals surface area (Å²) in [7, 11) is 0. The average molecular weight is 512 g/mol. The highest BCUT2D eigenvalue weighted by Crippen LogP contribution is 2.24. The van der Waals surface area contributed by atoms with Gasteiger partial charge in [-0.25, -0.2) is 4.21 Å². The summed E-state index contributed by atoms with van der Waals surface area (Å²) in [5.74, 6) is -0.224. The van der Waals surface area contributed by atoms with Crippen molar-refractivity contribution in [3.63, 3.8) is 0 Å². The van der Waals surface area contributed by atoms with Crippen LogP contribution in [0, 0.1) is 11.3 Å². The molecule has 2 aromatic carbocycles. The predicted octanol–water partition coefficient (Wildman–Crippen LogP) is 4.67. The number of nitriles is 1. The number of rotatable bonds is 4. The summed E-state index contributed by atoms with van der Waals surface area (Å²) < 4.78 is 19.6. The lowest BCUT2D eigenvalue weighted by atomic mass is 10.2. The van der Waals surface area contributed by atoms with E-state index in [2.05, 4.69) is 17.6 Å². The molecular weight excluding hydrogens is 478 g/mol. The molecule has 0 saturated carbocycles. The number of thioether (sulfide) groups is 1. The van der Waals surface area contributed by atoms with Crippen molar-refractivity contribution in [2.75, 3.05) is 11.5 Å². The first-order valence-electron chi connectivity index (χ1n) is 10.3. The van der Waals surface area contributed by atoms with Gasteiger partial charge in [0.05, 0.1) is 16.7 Å². The van der Waals surface area contributed by atoms with Crippen molar-refractivity contribution < 1.29 is 18.7 Å². The van der Waals surface area contributed by atoms with Crippen LogP contribution in [0.1, 0.15) is 38.8 Å². The Kier molecular flexibility index (Phi) is 21.7. The molecule has 1 aliphatic rings. The summed E-state index contributed by atoms with van der Waals surface area (Å²) >= 11 is 3.33. The van der Waals surface area contributed by atoms with Crippen molar-refractivity contribution >= 4 is 46.5 Å². The first-order valence-corrected chi connectivity index (χ1v) is 13.1. The quantitative estimate of drug-likeness (QED) is 0.346. The highest BCUT2D eigenvalue weighted by molar-refractivity contribution is 8.15. The van der Waals surface area contributed by atoms with Crippen LogP contribution in [0.2, 0.25) is 0 Å². The average Bonchev–Trinajstić information content (AvgIpc) is 3.39. The first-order chi connectivity index (χ1) is 15.9. The number of hydrogen-bond donors (Lipinski definition) is 4. The van der Waals surface area contributed by atoms with Crippen LogP contribution in [0.15, 0.2) is 65.7 Å². The van der Waals surface area contributed by atoms with Crippen molar-refractivity contribution in [2.45, 2.75) is 39.1 Å². The van der Waals surface area contributed by atoms with Gasteiger partial charge in [0.2, 0.25) is 0 Å².